The van der Waals surface area contributed by atoms with Crippen molar-refractivity contribution in [1.29, 1.82) is 0 Å². The molecule has 2 aliphatic rings. The summed E-state index contributed by atoms with van der Waals surface area (Å²) in [5, 5.41) is 0. The maximum Gasteiger partial charge on any atom is 0.416 e. The third kappa shape index (κ3) is 5.39. The van der Waals surface area contributed by atoms with E-state index in [1.807, 2.05) is 12.1 Å². The van der Waals surface area contributed by atoms with Gasteiger partial charge >= 0.3 is 18.4 Å². The molecule has 1 saturated heterocycles. The molecular formula is C28H23F6N2O3. The summed E-state index contributed by atoms with van der Waals surface area (Å²) in [5.41, 5.74) is -0.645. The van der Waals surface area contributed by atoms with Crippen LogP contribution in [0.25, 0.3) is 11.1 Å². The number of aromatic nitrogens is 1. The van der Waals surface area contributed by atoms with E-state index < -0.39 is 41.7 Å². The van der Waals surface area contributed by atoms with E-state index in [-0.39, 0.29) is 18.2 Å². The minimum absolute atomic E-state index is 0.0482. The Balaban J connectivity index is 1.51. The van der Waals surface area contributed by atoms with Gasteiger partial charge in [0.15, 0.2) is 0 Å². The van der Waals surface area contributed by atoms with E-state index in [4.69, 9.17) is 14.5 Å². The molecule has 205 valence electrons. The van der Waals surface area contributed by atoms with E-state index in [9.17, 15) is 31.1 Å². The van der Waals surface area contributed by atoms with Gasteiger partial charge in [0, 0.05) is 22.7 Å². The Morgan fingerprint density at radius 2 is 1.69 bits per heavy atom. The van der Waals surface area contributed by atoms with Crippen LogP contribution in [0.1, 0.15) is 59.9 Å². The van der Waals surface area contributed by atoms with Crippen LogP contribution < -0.4 is 4.74 Å². The summed E-state index contributed by atoms with van der Waals surface area (Å²) in [4.78, 5) is 19.0. The summed E-state index contributed by atoms with van der Waals surface area (Å²) < 4.78 is 91.4. The van der Waals surface area contributed by atoms with Crippen molar-refractivity contribution < 1.29 is 40.6 Å². The third-order valence-electron chi connectivity index (χ3n) is 6.98. The van der Waals surface area contributed by atoms with E-state index in [1.54, 1.807) is 18.2 Å². The number of nitrogens with zero attached hydrogens (tertiary/aromatic N) is 2. The molecule has 5 rings (SSSR count). The first-order chi connectivity index (χ1) is 18.4. The molecule has 2 aromatic carbocycles. The molecule has 11 heteroatoms. The lowest BCUT2D eigenvalue weighted by Gasteiger charge is -2.23. The molecule has 0 unspecified atom stereocenters. The summed E-state index contributed by atoms with van der Waals surface area (Å²) >= 11 is 0. The van der Waals surface area contributed by atoms with Gasteiger partial charge in [-0.15, -0.1) is 0 Å². The summed E-state index contributed by atoms with van der Waals surface area (Å²) in [6.45, 7) is 1.44. The van der Waals surface area contributed by atoms with Crippen molar-refractivity contribution in [2.24, 2.45) is 0 Å². The van der Waals surface area contributed by atoms with E-state index in [1.165, 1.54) is 18.9 Å². The minimum atomic E-state index is -5.02. The fraction of sp³-hybridized carbons (Fsp3) is 0.357. The Hall–Kier alpha value is -3.76. The minimum Gasteiger partial charge on any atom is -0.496 e. The Kier molecular flexibility index (Phi) is 6.72. The molecule has 39 heavy (non-hydrogen) atoms. The van der Waals surface area contributed by atoms with Crippen LogP contribution in [0.15, 0.2) is 48.5 Å². The molecule has 2 atom stereocenters. The molecule has 0 N–H and O–H groups in total. The van der Waals surface area contributed by atoms with Crippen molar-refractivity contribution in [2.75, 3.05) is 7.11 Å². The number of hydrogen-bond donors (Lipinski definition) is 0. The van der Waals surface area contributed by atoms with E-state index in [0.29, 0.717) is 40.6 Å². The summed E-state index contributed by atoms with van der Waals surface area (Å²) in [7, 11) is 1.51. The number of carbonyl (C=O) groups excluding carboxylic acids is 1. The van der Waals surface area contributed by atoms with Crippen molar-refractivity contribution in [3.05, 3.63) is 82.7 Å². The number of amides is 1. The number of methoxy groups -OCH3 is 1. The topological polar surface area (TPSA) is 51.7 Å². The molecule has 0 spiro atoms. The first kappa shape index (κ1) is 26.8. The zero-order valence-electron chi connectivity index (χ0n) is 20.9. The van der Waals surface area contributed by atoms with Crippen LogP contribution in [0.2, 0.25) is 0 Å². The highest BCUT2D eigenvalue weighted by Crippen LogP contribution is 2.43. The lowest BCUT2D eigenvalue weighted by molar-refractivity contribution is -0.143. The quantitative estimate of drug-likeness (QED) is 0.298. The summed E-state index contributed by atoms with van der Waals surface area (Å²) in [6.07, 6.45) is -10.3. The third-order valence-corrected chi connectivity index (χ3v) is 6.98. The standard InChI is InChI=1S/C28H23F6N2O3/c1-15-25(17-11-18(27(29,30)31)13-19(12-17)28(32,33)34)39-26(37)36(15)14-23-20(9-10-22(35-23)16-7-8-16)21-5-3-4-6-24(21)38-2/h4-6,9-13,15-16,25H,7-8,14H2,1-2H3/t15-,25-/m0/s1. The number of hydrogen-bond acceptors (Lipinski definition) is 4. The SMILES string of the molecule is COc1cc[c]cc1-c1ccc(C2CC2)nc1CN1C(=O)O[C@H](c2cc(C(F)(F)F)cc(C(F)(F)F)c2)[C@@H]1C. The molecule has 1 aliphatic carbocycles. The number of alkyl halides is 6. The van der Waals surface area contributed by atoms with Crippen LogP contribution in [0.4, 0.5) is 31.1 Å². The lowest BCUT2D eigenvalue weighted by Crippen LogP contribution is -2.32. The van der Waals surface area contributed by atoms with Crippen LogP contribution in [0.3, 0.4) is 0 Å². The average molecular weight is 549 g/mol. The number of rotatable bonds is 6. The van der Waals surface area contributed by atoms with Gasteiger partial charge in [0.1, 0.15) is 11.9 Å². The summed E-state index contributed by atoms with van der Waals surface area (Å²) in [6, 6.07) is 12.2. The smallest absolute Gasteiger partial charge is 0.416 e. The molecular weight excluding hydrogens is 526 g/mol. The second-order valence-corrected chi connectivity index (χ2v) is 9.64. The number of ether oxygens (including phenoxy) is 2. The zero-order valence-corrected chi connectivity index (χ0v) is 20.9. The van der Waals surface area contributed by atoms with Gasteiger partial charge in [-0.3, -0.25) is 9.88 Å². The predicted molar refractivity (Wildman–Crippen MR) is 128 cm³/mol. The molecule has 1 amide bonds. The zero-order chi connectivity index (χ0) is 28.1. The lowest BCUT2D eigenvalue weighted by atomic mass is 9.97. The van der Waals surface area contributed by atoms with Gasteiger partial charge < -0.3 is 9.47 Å². The van der Waals surface area contributed by atoms with Gasteiger partial charge in [-0.25, -0.2) is 4.79 Å². The van der Waals surface area contributed by atoms with Crippen LogP contribution in [0.5, 0.6) is 5.75 Å². The highest BCUT2D eigenvalue weighted by atomic mass is 19.4. The molecule has 2 fully saturated rings. The van der Waals surface area contributed by atoms with Crippen molar-refractivity contribution in [3.8, 4) is 16.9 Å². The maximum absolute atomic E-state index is 13.4. The van der Waals surface area contributed by atoms with Gasteiger partial charge in [0.2, 0.25) is 0 Å². The fourth-order valence-corrected chi connectivity index (χ4v) is 4.76. The molecule has 5 nitrogen and oxygen atoms in total. The Labute approximate surface area is 220 Å². The molecule has 1 aromatic heterocycles. The number of pyridine rings is 1. The number of halogens is 6. The van der Waals surface area contributed by atoms with Gasteiger partial charge in [-0.1, -0.05) is 12.1 Å². The Bertz CT molecular complexity index is 1370. The van der Waals surface area contributed by atoms with Gasteiger partial charge in [-0.2, -0.15) is 26.3 Å². The second kappa shape index (κ2) is 9.77. The van der Waals surface area contributed by atoms with E-state index in [2.05, 4.69) is 6.07 Å². The normalized spacial score (nSPS) is 19.8. The van der Waals surface area contributed by atoms with Gasteiger partial charge in [-0.05, 0) is 67.8 Å². The van der Waals surface area contributed by atoms with Crippen LogP contribution in [-0.2, 0) is 23.6 Å². The van der Waals surface area contributed by atoms with Crippen LogP contribution in [0, 0.1) is 6.07 Å². The highest BCUT2D eigenvalue weighted by Gasteiger charge is 2.43. The first-order valence-electron chi connectivity index (χ1n) is 12.2. The van der Waals surface area contributed by atoms with Crippen molar-refractivity contribution in [2.45, 2.75) is 56.7 Å². The summed E-state index contributed by atoms with van der Waals surface area (Å²) in [5.74, 6) is 0.846. The Morgan fingerprint density at radius 3 is 2.28 bits per heavy atom. The predicted octanol–water partition coefficient (Wildman–Crippen LogP) is 7.55. The molecule has 1 aliphatic heterocycles. The first-order valence-corrected chi connectivity index (χ1v) is 12.2. The molecule has 0 bridgehead atoms. The van der Waals surface area contributed by atoms with Crippen LogP contribution in [-0.4, -0.2) is 29.1 Å². The highest BCUT2D eigenvalue weighted by molar-refractivity contribution is 5.74. The molecule has 2 heterocycles. The van der Waals surface area contributed by atoms with E-state index >= 15 is 0 Å². The van der Waals surface area contributed by atoms with Crippen LogP contribution >= 0.6 is 0 Å². The molecule has 1 radical (unpaired) electrons. The monoisotopic (exact) mass is 549 g/mol. The average Bonchev–Trinajstić information content (AvgIpc) is 3.70. The van der Waals surface area contributed by atoms with E-state index in [0.717, 1.165) is 18.5 Å². The van der Waals surface area contributed by atoms with Crippen molar-refractivity contribution in [1.82, 2.24) is 9.88 Å². The van der Waals surface area contributed by atoms with Gasteiger partial charge in [0.05, 0.1) is 36.5 Å². The van der Waals surface area contributed by atoms with Crippen molar-refractivity contribution >= 4 is 6.09 Å². The number of benzene rings is 2. The van der Waals surface area contributed by atoms with Gasteiger partial charge in [0.25, 0.3) is 0 Å². The maximum atomic E-state index is 13.4. The largest absolute Gasteiger partial charge is 0.496 e. The molecule has 1 saturated carbocycles. The Morgan fingerprint density at radius 1 is 1.03 bits per heavy atom. The fourth-order valence-electron chi connectivity index (χ4n) is 4.76. The number of carbonyl (C=O) groups is 1. The second-order valence-electron chi connectivity index (χ2n) is 9.64. The molecule has 3 aromatic rings. The number of cyclic esters (lactones) is 1. The van der Waals surface area contributed by atoms with Crippen molar-refractivity contribution in [3.63, 3.8) is 0 Å².